The second kappa shape index (κ2) is 7.45. The third-order valence-corrected chi connectivity index (χ3v) is 5.56. The van der Waals surface area contributed by atoms with Crippen LogP contribution in [0.1, 0.15) is 24.1 Å². The minimum absolute atomic E-state index is 0.00568. The van der Waals surface area contributed by atoms with E-state index in [0.29, 0.717) is 21.8 Å². The van der Waals surface area contributed by atoms with Crippen LogP contribution in [0, 0.1) is 0 Å². The lowest BCUT2D eigenvalue weighted by Crippen LogP contribution is -2.46. The first-order chi connectivity index (χ1) is 12.7. The van der Waals surface area contributed by atoms with E-state index in [2.05, 4.69) is 10.3 Å². The molecule has 0 saturated heterocycles. The molecule has 0 radical (unpaired) electrons. The van der Waals surface area contributed by atoms with Gasteiger partial charge in [0.2, 0.25) is 0 Å². The Kier molecular flexibility index (Phi) is 5.05. The molecule has 4 rings (SSSR count). The van der Waals surface area contributed by atoms with Crippen LogP contribution in [-0.2, 0) is 13.2 Å². The lowest BCUT2D eigenvalue weighted by atomic mass is 9.89. The summed E-state index contributed by atoms with van der Waals surface area (Å²) in [5.74, 6) is 0.640. The highest BCUT2D eigenvalue weighted by atomic mass is 35.5. The zero-order valence-electron chi connectivity index (χ0n) is 14.0. The van der Waals surface area contributed by atoms with E-state index in [4.69, 9.17) is 27.9 Å². The number of nitrogens with one attached hydrogen (secondary N) is 1. The average Bonchev–Trinajstić information content (AvgIpc) is 3.10. The predicted molar refractivity (Wildman–Crippen MR) is 102 cm³/mol. The molecule has 0 unspecified atom stereocenters. The summed E-state index contributed by atoms with van der Waals surface area (Å²) >= 11 is 12.2. The number of hydrogen-bond acceptors (Lipinski definition) is 4. The molecule has 1 aliphatic rings. The molecule has 0 bridgehead atoms. The number of hydrogen-bond donors (Lipinski definition) is 2. The fourth-order valence-corrected chi connectivity index (χ4v) is 3.57. The van der Waals surface area contributed by atoms with E-state index in [1.54, 1.807) is 12.3 Å². The highest BCUT2D eigenvalue weighted by Gasteiger charge is 2.31. The molecule has 2 aromatic heterocycles. The van der Waals surface area contributed by atoms with Crippen molar-refractivity contribution in [2.45, 2.75) is 38.1 Å². The van der Waals surface area contributed by atoms with Gasteiger partial charge in [-0.1, -0.05) is 35.3 Å². The number of imidazole rings is 1. The molecule has 1 aromatic carbocycles. The van der Waals surface area contributed by atoms with E-state index >= 15 is 0 Å². The monoisotopic (exact) mass is 391 g/mol. The molecule has 0 atom stereocenters. The number of nitrogens with zero attached hydrogens (tertiary/aromatic N) is 2. The number of ether oxygens (including phenoxy) is 1. The smallest absolute Gasteiger partial charge is 0.141 e. The first kappa shape index (κ1) is 17.6. The number of halogens is 2. The first-order valence-electron chi connectivity index (χ1n) is 8.54. The number of rotatable bonds is 6. The van der Waals surface area contributed by atoms with Crippen LogP contribution in [0.3, 0.4) is 0 Å². The summed E-state index contributed by atoms with van der Waals surface area (Å²) in [5.41, 5.74) is 2.81. The Balaban J connectivity index is 1.33. The Labute approximate surface area is 161 Å². The van der Waals surface area contributed by atoms with Crippen LogP contribution < -0.4 is 10.1 Å². The van der Waals surface area contributed by atoms with Crippen molar-refractivity contribution in [1.82, 2.24) is 14.7 Å². The lowest BCUT2D eigenvalue weighted by molar-refractivity contribution is 0.0844. The molecule has 2 heterocycles. The van der Waals surface area contributed by atoms with Gasteiger partial charge in [0.15, 0.2) is 0 Å². The van der Waals surface area contributed by atoms with E-state index < -0.39 is 0 Å². The molecule has 136 valence electrons. The van der Waals surface area contributed by atoms with Gasteiger partial charge in [-0.2, -0.15) is 0 Å². The summed E-state index contributed by atoms with van der Waals surface area (Å²) in [6, 6.07) is 9.76. The van der Waals surface area contributed by atoms with Gasteiger partial charge in [0.1, 0.15) is 22.5 Å². The van der Waals surface area contributed by atoms with Crippen molar-refractivity contribution in [2.24, 2.45) is 0 Å². The lowest BCUT2D eigenvalue weighted by Gasteiger charge is -2.36. The third-order valence-electron chi connectivity index (χ3n) is 4.76. The van der Waals surface area contributed by atoms with Crippen LogP contribution in [0.15, 0.2) is 42.7 Å². The molecule has 0 aliphatic heterocycles. The minimum atomic E-state index is -0.00568. The highest BCUT2D eigenvalue weighted by molar-refractivity contribution is 6.42. The number of benzene rings is 1. The Bertz CT molecular complexity index is 922. The fraction of sp³-hybridized carbons (Fsp3) is 0.316. The molecule has 2 N–H and O–H groups in total. The van der Waals surface area contributed by atoms with Crippen molar-refractivity contribution < 1.29 is 9.84 Å². The van der Waals surface area contributed by atoms with Gasteiger partial charge in [0.25, 0.3) is 0 Å². The van der Waals surface area contributed by atoms with Gasteiger partial charge in [-0.3, -0.25) is 0 Å². The van der Waals surface area contributed by atoms with E-state index in [1.165, 1.54) is 0 Å². The van der Waals surface area contributed by atoms with Crippen LogP contribution in [0.2, 0.25) is 10.0 Å². The van der Waals surface area contributed by atoms with Crippen molar-refractivity contribution in [1.29, 1.82) is 0 Å². The van der Waals surface area contributed by atoms with E-state index in [1.807, 2.05) is 34.9 Å². The summed E-state index contributed by atoms with van der Waals surface area (Å²) in [4.78, 5) is 4.40. The van der Waals surface area contributed by atoms with Gasteiger partial charge in [0.05, 0.1) is 11.6 Å². The third kappa shape index (κ3) is 3.40. The Morgan fingerprint density at radius 2 is 2.08 bits per heavy atom. The van der Waals surface area contributed by atoms with Crippen LogP contribution in [-0.4, -0.2) is 26.6 Å². The number of pyridine rings is 1. The average molecular weight is 392 g/mol. The second-order valence-electron chi connectivity index (χ2n) is 6.47. The van der Waals surface area contributed by atoms with Crippen molar-refractivity contribution >= 4 is 28.8 Å². The minimum Gasteiger partial charge on any atom is -0.489 e. The Hall–Kier alpha value is -1.79. The summed E-state index contributed by atoms with van der Waals surface area (Å²) in [5, 5.41) is 13.9. The Morgan fingerprint density at radius 1 is 1.23 bits per heavy atom. The normalized spacial score (nSPS) is 19.5. The molecule has 0 spiro atoms. The molecular formula is C19H19Cl2N3O2. The zero-order chi connectivity index (χ0) is 18.1. The molecule has 26 heavy (non-hydrogen) atoms. The highest BCUT2D eigenvalue weighted by Crippen LogP contribution is 2.35. The quantitative estimate of drug-likeness (QED) is 0.670. The summed E-state index contributed by atoms with van der Waals surface area (Å²) in [7, 11) is 0. The maximum atomic E-state index is 9.40. The van der Waals surface area contributed by atoms with E-state index in [-0.39, 0.29) is 12.7 Å². The topological polar surface area (TPSA) is 58.8 Å². The van der Waals surface area contributed by atoms with E-state index in [0.717, 1.165) is 36.3 Å². The standard InChI is InChI=1S/C19H19Cl2N3O2/c20-16-2-1-3-17(18(16)21)26-15-8-13(9-15)23-10-12-4-5-14(11-25)24-7-6-22-19(12)24/h1-7,13,15,23,25H,8-11H2. The number of aromatic nitrogens is 2. The molecule has 7 heteroatoms. The fourth-order valence-electron chi connectivity index (χ4n) is 3.23. The van der Waals surface area contributed by atoms with Crippen molar-refractivity contribution in [2.75, 3.05) is 0 Å². The van der Waals surface area contributed by atoms with Gasteiger partial charge in [0, 0.05) is 36.2 Å². The molecule has 1 aliphatic carbocycles. The van der Waals surface area contributed by atoms with Crippen LogP contribution in [0.25, 0.3) is 5.65 Å². The van der Waals surface area contributed by atoms with Gasteiger partial charge >= 0.3 is 0 Å². The van der Waals surface area contributed by atoms with Gasteiger partial charge in [-0.05, 0) is 31.0 Å². The van der Waals surface area contributed by atoms with Crippen LogP contribution in [0.5, 0.6) is 5.75 Å². The summed E-state index contributed by atoms with van der Waals surface area (Å²) in [6.45, 7) is 0.718. The maximum Gasteiger partial charge on any atom is 0.141 e. The number of aliphatic hydroxyl groups is 1. The second-order valence-corrected chi connectivity index (χ2v) is 7.26. The number of fused-ring (bicyclic) bond motifs is 1. The molecule has 0 amide bonds. The van der Waals surface area contributed by atoms with E-state index in [9.17, 15) is 5.11 Å². The first-order valence-corrected chi connectivity index (χ1v) is 9.30. The molecule has 1 fully saturated rings. The largest absolute Gasteiger partial charge is 0.489 e. The molecular weight excluding hydrogens is 373 g/mol. The summed E-state index contributed by atoms with van der Waals surface area (Å²) < 4.78 is 7.85. The number of aliphatic hydroxyl groups excluding tert-OH is 1. The SMILES string of the molecule is OCc1ccc(CNC2CC(Oc3cccc(Cl)c3Cl)C2)c2nccn12. The predicted octanol–water partition coefficient (Wildman–Crippen LogP) is 3.83. The van der Waals surface area contributed by atoms with Crippen molar-refractivity contribution in [3.63, 3.8) is 0 Å². The molecule has 3 aromatic rings. The Morgan fingerprint density at radius 3 is 2.88 bits per heavy atom. The molecule has 1 saturated carbocycles. The maximum absolute atomic E-state index is 9.40. The van der Waals surface area contributed by atoms with Gasteiger partial charge in [-0.15, -0.1) is 0 Å². The zero-order valence-corrected chi connectivity index (χ0v) is 15.5. The van der Waals surface area contributed by atoms with Crippen LogP contribution >= 0.6 is 23.2 Å². The van der Waals surface area contributed by atoms with Gasteiger partial charge < -0.3 is 19.6 Å². The molecule has 5 nitrogen and oxygen atoms in total. The van der Waals surface area contributed by atoms with Crippen molar-refractivity contribution in [3.8, 4) is 5.75 Å². The summed E-state index contributed by atoms with van der Waals surface area (Å²) in [6.07, 6.45) is 5.60. The van der Waals surface area contributed by atoms with Gasteiger partial charge in [-0.25, -0.2) is 4.98 Å². The van der Waals surface area contributed by atoms with Crippen molar-refractivity contribution in [3.05, 3.63) is 64.0 Å². The van der Waals surface area contributed by atoms with Crippen LogP contribution in [0.4, 0.5) is 0 Å².